The third kappa shape index (κ3) is 2.11. The third-order valence-electron chi connectivity index (χ3n) is 3.11. The van der Waals surface area contributed by atoms with E-state index < -0.39 is 0 Å². The van der Waals surface area contributed by atoms with E-state index in [1.165, 1.54) is 6.07 Å². The molecule has 1 aliphatic heterocycles. The van der Waals surface area contributed by atoms with Crippen LogP contribution in [0.4, 0.5) is 15.8 Å². The molecule has 1 aromatic carbocycles. The predicted molar refractivity (Wildman–Crippen MR) is 63.0 cm³/mol. The van der Waals surface area contributed by atoms with Gasteiger partial charge in [-0.15, -0.1) is 0 Å². The van der Waals surface area contributed by atoms with E-state index in [2.05, 4.69) is 4.90 Å². The Bertz CT molecular complexity index is 387. The number of aliphatic hydroxyl groups is 1. The Balaban J connectivity index is 2.23. The fraction of sp³-hybridized carbons (Fsp3) is 0.500. The summed E-state index contributed by atoms with van der Waals surface area (Å²) in [5.41, 5.74) is 7.77. The van der Waals surface area contributed by atoms with Crippen molar-refractivity contribution in [1.82, 2.24) is 0 Å². The molecule has 3 nitrogen and oxygen atoms in total. The van der Waals surface area contributed by atoms with Gasteiger partial charge < -0.3 is 15.7 Å². The van der Waals surface area contributed by atoms with Crippen molar-refractivity contribution in [3.63, 3.8) is 0 Å². The van der Waals surface area contributed by atoms with Crippen molar-refractivity contribution < 1.29 is 9.50 Å². The van der Waals surface area contributed by atoms with Crippen molar-refractivity contribution in [2.24, 2.45) is 0 Å². The SMILES string of the molecule is Cc1cc(N2CCC(O)CC2)c(N)cc1F. The van der Waals surface area contributed by atoms with Crippen molar-refractivity contribution in [1.29, 1.82) is 0 Å². The summed E-state index contributed by atoms with van der Waals surface area (Å²) < 4.78 is 13.3. The number of nitrogens with zero attached hydrogens (tertiary/aromatic N) is 1. The smallest absolute Gasteiger partial charge is 0.128 e. The molecule has 0 unspecified atom stereocenters. The first kappa shape index (κ1) is 11.2. The molecule has 4 heteroatoms. The van der Waals surface area contributed by atoms with E-state index in [4.69, 9.17) is 5.73 Å². The van der Waals surface area contributed by atoms with Gasteiger partial charge in [0.25, 0.3) is 0 Å². The molecule has 88 valence electrons. The van der Waals surface area contributed by atoms with E-state index in [0.717, 1.165) is 31.6 Å². The summed E-state index contributed by atoms with van der Waals surface area (Å²) in [4.78, 5) is 2.11. The van der Waals surface area contributed by atoms with Gasteiger partial charge in [-0.3, -0.25) is 0 Å². The van der Waals surface area contributed by atoms with Gasteiger partial charge in [0, 0.05) is 13.1 Å². The van der Waals surface area contributed by atoms with Gasteiger partial charge in [0.15, 0.2) is 0 Å². The van der Waals surface area contributed by atoms with Crippen molar-refractivity contribution >= 4 is 11.4 Å². The van der Waals surface area contributed by atoms with Crippen molar-refractivity contribution in [3.05, 3.63) is 23.5 Å². The van der Waals surface area contributed by atoms with Crippen molar-refractivity contribution in [2.75, 3.05) is 23.7 Å². The second-order valence-electron chi connectivity index (χ2n) is 4.38. The quantitative estimate of drug-likeness (QED) is 0.713. The fourth-order valence-electron chi connectivity index (χ4n) is 2.06. The molecule has 1 fully saturated rings. The zero-order valence-electron chi connectivity index (χ0n) is 9.41. The number of benzene rings is 1. The molecule has 1 saturated heterocycles. The molecule has 0 atom stereocenters. The number of aryl methyl sites for hydroxylation is 1. The van der Waals surface area contributed by atoms with Gasteiger partial charge in [-0.05, 0) is 37.5 Å². The number of piperidine rings is 1. The largest absolute Gasteiger partial charge is 0.397 e. The second-order valence-corrected chi connectivity index (χ2v) is 4.38. The molecule has 0 amide bonds. The van der Waals surface area contributed by atoms with Gasteiger partial charge in [-0.2, -0.15) is 0 Å². The fourth-order valence-corrected chi connectivity index (χ4v) is 2.06. The van der Waals surface area contributed by atoms with Crippen LogP contribution in [0, 0.1) is 12.7 Å². The first-order valence-electron chi connectivity index (χ1n) is 5.56. The molecule has 1 heterocycles. The number of nitrogens with two attached hydrogens (primary N) is 1. The summed E-state index contributed by atoms with van der Waals surface area (Å²) in [5, 5.41) is 9.42. The molecule has 0 saturated carbocycles. The van der Waals surface area contributed by atoms with E-state index in [9.17, 15) is 9.50 Å². The number of rotatable bonds is 1. The van der Waals surface area contributed by atoms with E-state index in [1.54, 1.807) is 13.0 Å². The topological polar surface area (TPSA) is 49.5 Å². The van der Waals surface area contributed by atoms with Crippen LogP contribution in [0.25, 0.3) is 0 Å². The minimum atomic E-state index is -0.265. The zero-order chi connectivity index (χ0) is 11.7. The molecule has 0 aromatic heterocycles. The minimum Gasteiger partial charge on any atom is -0.397 e. The average molecular weight is 224 g/mol. The van der Waals surface area contributed by atoms with Crippen molar-refractivity contribution in [3.8, 4) is 0 Å². The lowest BCUT2D eigenvalue weighted by molar-refractivity contribution is 0.145. The summed E-state index contributed by atoms with van der Waals surface area (Å²) in [5.74, 6) is -0.265. The maximum absolute atomic E-state index is 13.3. The van der Waals surface area contributed by atoms with Gasteiger partial charge in [0.05, 0.1) is 17.5 Å². The minimum absolute atomic E-state index is 0.209. The molecule has 2 rings (SSSR count). The first-order chi connectivity index (χ1) is 7.58. The molecule has 0 spiro atoms. The highest BCUT2D eigenvalue weighted by molar-refractivity contribution is 5.68. The van der Waals surface area contributed by atoms with Gasteiger partial charge in [-0.1, -0.05) is 0 Å². The third-order valence-corrected chi connectivity index (χ3v) is 3.11. The van der Waals surface area contributed by atoms with Crippen LogP contribution in [0.2, 0.25) is 0 Å². The van der Waals surface area contributed by atoms with E-state index in [1.807, 2.05) is 0 Å². The molecule has 0 aliphatic carbocycles. The Kier molecular flexibility index (Phi) is 3.01. The van der Waals surface area contributed by atoms with Crippen LogP contribution in [-0.4, -0.2) is 24.3 Å². The van der Waals surface area contributed by atoms with Crippen LogP contribution < -0.4 is 10.6 Å². The lowest BCUT2D eigenvalue weighted by Crippen LogP contribution is -2.36. The van der Waals surface area contributed by atoms with Gasteiger partial charge in [-0.25, -0.2) is 4.39 Å². The molecular weight excluding hydrogens is 207 g/mol. The van der Waals surface area contributed by atoms with Crippen LogP contribution in [0.3, 0.4) is 0 Å². The van der Waals surface area contributed by atoms with Gasteiger partial charge in [0.2, 0.25) is 0 Å². The molecular formula is C12H17FN2O. The Hall–Kier alpha value is -1.29. The summed E-state index contributed by atoms with van der Waals surface area (Å²) in [7, 11) is 0. The van der Waals surface area contributed by atoms with E-state index >= 15 is 0 Å². The number of nitrogen functional groups attached to an aromatic ring is 1. The number of hydrogen-bond donors (Lipinski definition) is 2. The number of aliphatic hydroxyl groups excluding tert-OH is 1. The highest BCUT2D eigenvalue weighted by Crippen LogP contribution is 2.28. The molecule has 0 bridgehead atoms. The number of anilines is 2. The summed E-state index contributed by atoms with van der Waals surface area (Å²) in [6.07, 6.45) is 1.28. The number of hydrogen-bond acceptors (Lipinski definition) is 3. The highest BCUT2D eigenvalue weighted by atomic mass is 19.1. The molecule has 16 heavy (non-hydrogen) atoms. The second kappa shape index (κ2) is 4.29. The Morgan fingerprint density at radius 1 is 1.38 bits per heavy atom. The first-order valence-corrected chi connectivity index (χ1v) is 5.56. The Morgan fingerprint density at radius 3 is 2.62 bits per heavy atom. The van der Waals surface area contributed by atoms with Crippen LogP contribution >= 0.6 is 0 Å². The van der Waals surface area contributed by atoms with Crippen LogP contribution in [0.5, 0.6) is 0 Å². The standard InChI is InChI=1S/C12H17FN2O/c1-8-6-12(11(14)7-10(8)13)15-4-2-9(16)3-5-15/h6-7,9,16H,2-5,14H2,1H3. The molecule has 0 radical (unpaired) electrons. The van der Waals surface area contributed by atoms with Crippen LogP contribution in [0.1, 0.15) is 18.4 Å². The Labute approximate surface area is 94.7 Å². The van der Waals surface area contributed by atoms with Crippen LogP contribution in [-0.2, 0) is 0 Å². The normalized spacial score (nSPS) is 17.8. The summed E-state index contributed by atoms with van der Waals surface area (Å²) >= 11 is 0. The maximum Gasteiger partial charge on any atom is 0.128 e. The molecule has 1 aromatic rings. The summed E-state index contributed by atoms with van der Waals surface area (Å²) in [6.45, 7) is 3.28. The molecule has 3 N–H and O–H groups in total. The lowest BCUT2D eigenvalue weighted by Gasteiger charge is -2.32. The monoisotopic (exact) mass is 224 g/mol. The van der Waals surface area contributed by atoms with Crippen molar-refractivity contribution in [2.45, 2.75) is 25.9 Å². The summed E-state index contributed by atoms with van der Waals surface area (Å²) in [6, 6.07) is 3.15. The predicted octanol–water partition coefficient (Wildman–Crippen LogP) is 1.68. The zero-order valence-corrected chi connectivity index (χ0v) is 9.41. The van der Waals surface area contributed by atoms with E-state index in [0.29, 0.717) is 11.3 Å². The van der Waals surface area contributed by atoms with Crippen LogP contribution in [0.15, 0.2) is 12.1 Å². The number of halogens is 1. The highest BCUT2D eigenvalue weighted by Gasteiger charge is 2.19. The Morgan fingerprint density at radius 2 is 2.00 bits per heavy atom. The van der Waals surface area contributed by atoms with E-state index in [-0.39, 0.29) is 11.9 Å². The maximum atomic E-state index is 13.3. The molecule has 1 aliphatic rings. The van der Waals surface area contributed by atoms with Gasteiger partial charge in [0.1, 0.15) is 5.82 Å². The lowest BCUT2D eigenvalue weighted by atomic mass is 10.1. The van der Waals surface area contributed by atoms with Gasteiger partial charge >= 0.3 is 0 Å². The average Bonchev–Trinajstić information content (AvgIpc) is 2.25.